The molecule has 0 fully saturated rings. The molecule has 0 amide bonds. The summed E-state index contributed by atoms with van der Waals surface area (Å²) in [6.07, 6.45) is 11.9. The molecule has 0 saturated heterocycles. The van der Waals surface area contributed by atoms with E-state index in [0.717, 1.165) is 13.0 Å². The third-order valence-electron chi connectivity index (χ3n) is 2.76. The zero-order chi connectivity index (χ0) is 11.4. The summed E-state index contributed by atoms with van der Waals surface area (Å²) in [7, 11) is 0. The van der Waals surface area contributed by atoms with Crippen molar-refractivity contribution in [1.82, 2.24) is 0 Å². The van der Waals surface area contributed by atoms with Crippen LogP contribution in [0.5, 0.6) is 0 Å². The highest BCUT2D eigenvalue weighted by atomic mass is 16.5. The van der Waals surface area contributed by atoms with E-state index in [1.165, 1.54) is 51.4 Å². The highest BCUT2D eigenvalue weighted by molar-refractivity contribution is 4.52. The van der Waals surface area contributed by atoms with Crippen molar-refractivity contribution in [1.29, 1.82) is 0 Å². The highest BCUT2D eigenvalue weighted by Crippen LogP contribution is 2.08. The molecule has 91 valence electrons. The minimum Gasteiger partial charge on any atom is -0.379 e. The maximum Gasteiger partial charge on any atom is 0.0547 e. The molecule has 0 rings (SSSR count). The first kappa shape index (κ1) is 15.0. The average molecular weight is 213 g/mol. The summed E-state index contributed by atoms with van der Waals surface area (Å²) in [4.78, 5) is 0. The molecule has 0 aromatic rings. The second-order valence-electron chi connectivity index (χ2n) is 4.44. The van der Waals surface area contributed by atoms with Crippen molar-refractivity contribution in [2.75, 3.05) is 6.61 Å². The van der Waals surface area contributed by atoms with Crippen LogP contribution in [0.25, 0.3) is 0 Å². The molecule has 1 atom stereocenters. The zero-order valence-electron chi connectivity index (χ0n) is 10.8. The van der Waals surface area contributed by atoms with E-state index in [1.807, 2.05) is 0 Å². The molecule has 0 aliphatic heterocycles. The van der Waals surface area contributed by atoms with Crippen molar-refractivity contribution >= 4 is 0 Å². The van der Waals surface area contributed by atoms with Crippen LogP contribution in [0.4, 0.5) is 0 Å². The van der Waals surface area contributed by atoms with Gasteiger partial charge in [0.05, 0.1) is 6.10 Å². The Morgan fingerprint density at radius 3 is 2.40 bits per heavy atom. The average Bonchev–Trinajstić information content (AvgIpc) is 2.24. The van der Waals surface area contributed by atoms with E-state index < -0.39 is 0 Å². The number of hydrogen-bond acceptors (Lipinski definition) is 1. The first-order valence-electron chi connectivity index (χ1n) is 6.72. The Bertz CT molecular complexity index is 112. The van der Waals surface area contributed by atoms with Crippen LogP contribution < -0.4 is 0 Å². The van der Waals surface area contributed by atoms with Crippen molar-refractivity contribution in [2.45, 2.75) is 77.7 Å². The van der Waals surface area contributed by atoms with E-state index in [9.17, 15) is 0 Å². The van der Waals surface area contributed by atoms with Crippen LogP contribution in [0.3, 0.4) is 0 Å². The fraction of sp³-hybridized carbons (Fsp3) is 0.929. The second-order valence-corrected chi connectivity index (χ2v) is 4.44. The lowest BCUT2D eigenvalue weighted by Gasteiger charge is -2.12. The normalized spacial score (nSPS) is 13.0. The van der Waals surface area contributed by atoms with E-state index >= 15 is 0 Å². The number of ether oxygens (including phenoxy) is 1. The summed E-state index contributed by atoms with van der Waals surface area (Å²) in [5.41, 5.74) is 0. The summed E-state index contributed by atoms with van der Waals surface area (Å²) >= 11 is 0. The van der Waals surface area contributed by atoms with Gasteiger partial charge in [-0.1, -0.05) is 58.8 Å². The predicted molar refractivity (Wildman–Crippen MR) is 68.0 cm³/mol. The quantitative estimate of drug-likeness (QED) is 0.450. The van der Waals surface area contributed by atoms with E-state index in [4.69, 9.17) is 4.74 Å². The Labute approximate surface area is 96.6 Å². The molecule has 0 heterocycles. The standard InChI is InChI=1S/C14H29O/c1-4-6-8-10-12-14(3)15-13-11-9-7-5-2/h14H,2,4-13H2,1,3H3. The lowest BCUT2D eigenvalue weighted by Crippen LogP contribution is -2.09. The monoisotopic (exact) mass is 213 g/mol. The highest BCUT2D eigenvalue weighted by Gasteiger charge is 2.01. The van der Waals surface area contributed by atoms with Crippen molar-refractivity contribution < 1.29 is 4.74 Å². The summed E-state index contributed by atoms with van der Waals surface area (Å²) in [5.74, 6) is 0. The first-order valence-corrected chi connectivity index (χ1v) is 6.72. The fourth-order valence-electron chi connectivity index (χ4n) is 1.68. The van der Waals surface area contributed by atoms with Crippen molar-refractivity contribution in [2.24, 2.45) is 0 Å². The third-order valence-corrected chi connectivity index (χ3v) is 2.76. The topological polar surface area (TPSA) is 9.23 Å². The number of hydrogen-bond donors (Lipinski definition) is 0. The molecule has 1 unspecified atom stereocenters. The second kappa shape index (κ2) is 12.0. The fourth-order valence-corrected chi connectivity index (χ4v) is 1.68. The van der Waals surface area contributed by atoms with Crippen LogP contribution in [-0.2, 0) is 4.74 Å². The number of rotatable bonds is 11. The van der Waals surface area contributed by atoms with Crippen LogP contribution in [0.2, 0.25) is 0 Å². The van der Waals surface area contributed by atoms with Crippen LogP contribution in [0.1, 0.15) is 71.6 Å². The van der Waals surface area contributed by atoms with Gasteiger partial charge in [0, 0.05) is 6.61 Å². The van der Waals surface area contributed by atoms with Gasteiger partial charge in [-0.05, 0) is 19.8 Å². The Morgan fingerprint density at radius 2 is 1.73 bits per heavy atom. The Kier molecular flexibility index (Phi) is 12.0. The van der Waals surface area contributed by atoms with Gasteiger partial charge >= 0.3 is 0 Å². The molecule has 0 N–H and O–H groups in total. The summed E-state index contributed by atoms with van der Waals surface area (Å²) in [5, 5.41) is 0. The van der Waals surface area contributed by atoms with Crippen molar-refractivity contribution in [3.63, 3.8) is 0 Å². The van der Waals surface area contributed by atoms with Gasteiger partial charge < -0.3 is 4.74 Å². The Morgan fingerprint density at radius 1 is 1.00 bits per heavy atom. The SMILES string of the molecule is [CH2]CCCCCOC(C)CCCCCC. The minimum absolute atomic E-state index is 0.460. The van der Waals surface area contributed by atoms with E-state index in [-0.39, 0.29) is 0 Å². The van der Waals surface area contributed by atoms with Crippen LogP contribution >= 0.6 is 0 Å². The van der Waals surface area contributed by atoms with Gasteiger partial charge in [0.1, 0.15) is 0 Å². The molecule has 0 aliphatic carbocycles. The van der Waals surface area contributed by atoms with E-state index in [0.29, 0.717) is 6.10 Å². The Balaban J connectivity index is 3.08. The predicted octanol–water partition coefficient (Wildman–Crippen LogP) is 4.76. The van der Waals surface area contributed by atoms with Crippen LogP contribution in [-0.4, -0.2) is 12.7 Å². The molecular weight excluding hydrogens is 184 g/mol. The Hall–Kier alpha value is -0.0400. The van der Waals surface area contributed by atoms with Gasteiger partial charge in [-0.2, -0.15) is 0 Å². The third kappa shape index (κ3) is 11.9. The zero-order valence-corrected chi connectivity index (χ0v) is 10.8. The molecule has 15 heavy (non-hydrogen) atoms. The summed E-state index contributed by atoms with van der Waals surface area (Å²) in [6.45, 7) is 9.23. The first-order chi connectivity index (χ1) is 7.31. The smallest absolute Gasteiger partial charge is 0.0547 e. The van der Waals surface area contributed by atoms with Crippen LogP contribution in [0, 0.1) is 6.92 Å². The lowest BCUT2D eigenvalue weighted by molar-refractivity contribution is 0.0558. The molecule has 0 aliphatic rings. The molecule has 0 saturated carbocycles. The van der Waals surface area contributed by atoms with Gasteiger partial charge in [-0.25, -0.2) is 0 Å². The molecule has 1 radical (unpaired) electrons. The van der Waals surface area contributed by atoms with Gasteiger partial charge in [0.15, 0.2) is 0 Å². The van der Waals surface area contributed by atoms with E-state index in [1.54, 1.807) is 0 Å². The van der Waals surface area contributed by atoms with Crippen molar-refractivity contribution in [3.8, 4) is 0 Å². The molecule has 0 aromatic carbocycles. The maximum absolute atomic E-state index is 5.75. The van der Waals surface area contributed by atoms with Gasteiger partial charge in [0.25, 0.3) is 0 Å². The summed E-state index contributed by atoms with van der Waals surface area (Å²) < 4.78 is 5.75. The molecular formula is C14H29O. The summed E-state index contributed by atoms with van der Waals surface area (Å²) in [6, 6.07) is 0. The molecule has 1 heteroatoms. The molecule has 0 aromatic heterocycles. The molecule has 0 spiro atoms. The lowest BCUT2D eigenvalue weighted by atomic mass is 10.1. The van der Waals surface area contributed by atoms with Gasteiger partial charge in [0.2, 0.25) is 0 Å². The van der Waals surface area contributed by atoms with Crippen molar-refractivity contribution in [3.05, 3.63) is 6.92 Å². The molecule has 0 bridgehead atoms. The minimum atomic E-state index is 0.460. The van der Waals surface area contributed by atoms with E-state index in [2.05, 4.69) is 20.8 Å². The largest absolute Gasteiger partial charge is 0.379 e. The van der Waals surface area contributed by atoms with Gasteiger partial charge in [-0.15, -0.1) is 0 Å². The number of unbranched alkanes of at least 4 members (excludes halogenated alkanes) is 6. The van der Waals surface area contributed by atoms with Crippen LogP contribution in [0.15, 0.2) is 0 Å². The molecule has 1 nitrogen and oxygen atoms in total. The maximum atomic E-state index is 5.75. The van der Waals surface area contributed by atoms with Gasteiger partial charge in [-0.3, -0.25) is 0 Å².